The number of rotatable bonds is 2. The summed E-state index contributed by atoms with van der Waals surface area (Å²) in [6.45, 7) is 1.44. The fraction of sp³-hybridized carbons (Fsp3) is 0.100. The molecule has 1 aromatic heterocycles. The number of hydrogen-bond donors (Lipinski definition) is 1. The van der Waals surface area contributed by atoms with Crippen molar-refractivity contribution in [2.45, 2.75) is 6.92 Å². The lowest BCUT2D eigenvalue weighted by atomic mass is 10.2. The van der Waals surface area contributed by atoms with E-state index in [-0.39, 0.29) is 11.3 Å². The van der Waals surface area contributed by atoms with Gasteiger partial charge in [-0.1, -0.05) is 0 Å². The Labute approximate surface area is 89.2 Å². The summed E-state index contributed by atoms with van der Waals surface area (Å²) >= 11 is 1.21. The van der Waals surface area contributed by atoms with Crippen LogP contribution in [0.2, 0.25) is 0 Å². The van der Waals surface area contributed by atoms with Crippen LogP contribution in [0.3, 0.4) is 0 Å². The minimum absolute atomic E-state index is 0.104. The van der Waals surface area contributed by atoms with E-state index in [2.05, 4.69) is 4.98 Å². The Morgan fingerprint density at radius 3 is 2.73 bits per heavy atom. The Morgan fingerprint density at radius 2 is 2.13 bits per heavy atom. The van der Waals surface area contributed by atoms with E-state index in [1.54, 1.807) is 6.07 Å². The van der Waals surface area contributed by atoms with Gasteiger partial charge in [-0.25, -0.2) is 9.78 Å². The fourth-order valence-corrected chi connectivity index (χ4v) is 2.11. The van der Waals surface area contributed by atoms with Gasteiger partial charge in [-0.3, -0.25) is 4.79 Å². The molecule has 15 heavy (non-hydrogen) atoms. The van der Waals surface area contributed by atoms with Crippen molar-refractivity contribution in [1.82, 2.24) is 4.98 Å². The van der Waals surface area contributed by atoms with E-state index in [1.165, 1.54) is 30.4 Å². The van der Waals surface area contributed by atoms with Gasteiger partial charge in [0.05, 0.1) is 15.8 Å². The van der Waals surface area contributed by atoms with E-state index >= 15 is 0 Å². The second-order valence-corrected chi connectivity index (χ2v) is 4.09. The zero-order valence-corrected chi connectivity index (χ0v) is 8.67. The number of thiazole rings is 1. The van der Waals surface area contributed by atoms with Crippen LogP contribution in [0.15, 0.2) is 18.2 Å². The highest BCUT2D eigenvalue weighted by Gasteiger charge is 2.10. The molecule has 0 amide bonds. The van der Waals surface area contributed by atoms with Crippen molar-refractivity contribution in [3.63, 3.8) is 0 Å². The molecule has 0 atom stereocenters. The Morgan fingerprint density at radius 1 is 1.40 bits per heavy atom. The van der Waals surface area contributed by atoms with Gasteiger partial charge in [0, 0.05) is 6.92 Å². The van der Waals surface area contributed by atoms with E-state index in [0.29, 0.717) is 10.5 Å². The Hall–Kier alpha value is -1.75. The first kappa shape index (κ1) is 9.79. The highest BCUT2D eigenvalue weighted by molar-refractivity contribution is 7.20. The van der Waals surface area contributed by atoms with Gasteiger partial charge >= 0.3 is 5.97 Å². The zero-order chi connectivity index (χ0) is 11.0. The Kier molecular flexibility index (Phi) is 2.24. The number of fused-ring (bicyclic) bond motifs is 1. The summed E-state index contributed by atoms with van der Waals surface area (Å²) in [4.78, 5) is 25.9. The first-order chi connectivity index (χ1) is 7.08. The fourth-order valence-electron chi connectivity index (χ4n) is 1.21. The largest absolute Gasteiger partial charge is 0.478 e. The van der Waals surface area contributed by atoms with E-state index in [9.17, 15) is 9.59 Å². The molecule has 0 bridgehead atoms. The summed E-state index contributed by atoms with van der Waals surface area (Å²) in [7, 11) is 0. The molecule has 2 aromatic rings. The van der Waals surface area contributed by atoms with Crippen molar-refractivity contribution >= 4 is 33.3 Å². The molecule has 0 saturated carbocycles. The van der Waals surface area contributed by atoms with E-state index in [4.69, 9.17) is 5.11 Å². The maximum Gasteiger partial charge on any atom is 0.335 e. The molecular formula is C10H7NO3S. The third-order valence-electron chi connectivity index (χ3n) is 1.94. The van der Waals surface area contributed by atoms with Crippen LogP contribution in [0.1, 0.15) is 27.1 Å². The molecule has 0 unspecified atom stereocenters. The lowest BCUT2D eigenvalue weighted by molar-refractivity contribution is 0.0697. The van der Waals surface area contributed by atoms with E-state index in [0.717, 1.165) is 4.70 Å². The second kappa shape index (κ2) is 3.43. The molecule has 0 aliphatic carbocycles. The van der Waals surface area contributed by atoms with E-state index < -0.39 is 5.97 Å². The normalized spacial score (nSPS) is 10.5. The predicted molar refractivity (Wildman–Crippen MR) is 56.6 cm³/mol. The first-order valence-electron chi connectivity index (χ1n) is 4.23. The monoisotopic (exact) mass is 221 g/mol. The topological polar surface area (TPSA) is 67.3 Å². The standard InChI is InChI=1S/C10H7NO3S/c1-5(12)9-11-7-3-2-6(10(13)14)4-8(7)15-9/h2-4H,1H3,(H,13,14). The van der Waals surface area contributed by atoms with Gasteiger partial charge in [-0.05, 0) is 18.2 Å². The number of nitrogens with zero attached hydrogens (tertiary/aromatic N) is 1. The molecule has 0 radical (unpaired) electrons. The molecule has 0 aliphatic rings. The molecule has 4 nitrogen and oxygen atoms in total. The molecule has 2 rings (SSSR count). The third-order valence-corrected chi connectivity index (χ3v) is 3.06. The first-order valence-corrected chi connectivity index (χ1v) is 5.04. The summed E-state index contributed by atoms with van der Waals surface area (Å²) in [5.41, 5.74) is 0.872. The third kappa shape index (κ3) is 1.73. The number of carbonyl (C=O) groups is 2. The number of carboxylic acids is 1. The molecule has 0 spiro atoms. The van der Waals surface area contributed by atoms with Crippen molar-refractivity contribution < 1.29 is 14.7 Å². The van der Waals surface area contributed by atoms with Crippen LogP contribution in [0.25, 0.3) is 10.2 Å². The summed E-state index contributed by atoms with van der Waals surface area (Å²) in [5, 5.41) is 9.19. The summed E-state index contributed by atoms with van der Waals surface area (Å²) in [6.07, 6.45) is 0. The van der Waals surface area contributed by atoms with Crippen LogP contribution in [0.4, 0.5) is 0 Å². The number of carboxylic acid groups (broad SMARTS) is 1. The van der Waals surface area contributed by atoms with Crippen molar-refractivity contribution in [3.05, 3.63) is 28.8 Å². The van der Waals surface area contributed by atoms with Crippen LogP contribution >= 0.6 is 11.3 Å². The molecule has 1 heterocycles. The van der Waals surface area contributed by atoms with Gasteiger partial charge in [0.2, 0.25) is 0 Å². The van der Waals surface area contributed by atoms with Crippen LogP contribution in [-0.2, 0) is 0 Å². The minimum Gasteiger partial charge on any atom is -0.478 e. The van der Waals surface area contributed by atoms with Crippen molar-refractivity contribution in [3.8, 4) is 0 Å². The van der Waals surface area contributed by atoms with Gasteiger partial charge in [0.25, 0.3) is 0 Å². The van der Waals surface area contributed by atoms with Gasteiger partial charge in [-0.15, -0.1) is 11.3 Å². The SMILES string of the molecule is CC(=O)c1nc2ccc(C(=O)O)cc2s1. The van der Waals surface area contributed by atoms with Gasteiger partial charge in [0.1, 0.15) is 0 Å². The quantitative estimate of drug-likeness (QED) is 0.789. The van der Waals surface area contributed by atoms with Crippen molar-refractivity contribution in [2.75, 3.05) is 0 Å². The molecule has 76 valence electrons. The average molecular weight is 221 g/mol. The van der Waals surface area contributed by atoms with Crippen LogP contribution in [0.5, 0.6) is 0 Å². The lowest BCUT2D eigenvalue weighted by Crippen LogP contribution is -1.94. The number of aromatic nitrogens is 1. The van der Waals surface area contributed by atoms with Crippen LogP contribution in [0, 0.1) is 0 Å². The highest BCUT2D eigenvalue weighted by Crippen LogP contribution is 2.23. The summed E-state index contributed by atoms with van der Waals surface area (Å²) in [5.74, 6) is -1.08. The Bertz CT molecular complexity index is 547. The predicted octanol–water partition coefficient (Wildman–Crippen LogP) is 2.20. The lowest BCUT2D eigenvalue weighted by Gasteiger charge is -1.91. The molecule has 0 fully saturated rings. The number of hydrogen-bond acceptors (Lipinski definition) is 4. The molecule has 0 saturated heterocycles. The van der Waals surface area contributed by atoms with E-state index in [1.807, 2.05) is 0 Å². The van der Waals surface area contributed by atoms with Gasteiger partial charge in [-0.2, -0.15) is 0 Å². The molecular weight excluding hydrogens is 214 g/mol. The zero-order valence-electron chi connectivity index (χ0n) is 7.85. The summed E-state index contributed by atoms with van der Waals surface area (Å²) in [6, 6.07) is 4.62. The molecule has 0 aliphatic heterocycles. The highest BCUT2D eigenvalue weighted by atomic mass is 32.1. The number of Topliss-reactive ketones (excluding diaryl/α,β-unsaturated/α-hetero) is 1. The van der Waals surface area contributed by atoms with Gasteiger partial charge in [0.15, 0.2) is 10.8 Å². The number of ketones is 1. The Balaban J connectivity index is 2.62. The molecule has 1 N–H and O–H groups in total. The molecule has 1 aromatic carbocycles. The summed E-state index contributed by atoms with van der Waals surface area (Å²) < 4.78 is 0.722. The number of benzene rings is 1. The van der Waals surface area contributed by atoms with Crippen molar-refractivity contribution in [1.29, 1.82) is 0 Å². The maximum absolute atomic E-state index is 11.1. The minimum atomic E-state index is -0.977. The maximum atomic E-state index is 11.1. The average Bonchev–Trinajstić information content (AvgIpc) is 2.59. The smallest absolute Gasteiger partial charge is 0.335 e. The van der Waals surface area contributed by atoms with Crippen LogP contribution < -0.4 is 0 Å². The second-order valence-electron chi connectivity index (χ2n) is 3.06. The number of carbonyl (C=O) groups excluding carboxylic acids is 1. The van der Waals surface area contributed by atoms with Crippen molar-refractivity contribution in [2.24, 2.45) is 0 Å². The number of aromatic carboxylic acids is 1. The van der Waals surface area contributed by atoms with Gasteiger partial charge < -0.3 is 5.11 Å². The molecule has 5 heteroatoms. The van der Waals surface area contributed by atoms with Crippen LogP contribution in [-0.4, -0.2) is 21.8 Å².